The van der Waals surface area contributed by atoms with Gasteiger partial charge in [-0.1, -0.05) is 48.5 Å². The fourth-order valence-corrected chi connectivity index (χ4v) is 3.48. The number of carbonyl (C=O) groups is 2. The molecule has 3 rings (SSSR count). The van der Waals surface area contributed by atoms with Gasteiger partial charge in [-0.2, -0.15) is 12.6 Å². The maximum absolute atomic E-state index is 13.1. The number of fused-ring (bicyclic) bond motifs is 1. The van der Waals surface area contributed by atoms with Gasteiger partial charge in [-0.05, 0) is 35.8 Å². The smallest absolute Gasteiger partial charge is 0.328 e. The van der Waals surface area contributed by atoms with E-state index in [1.54, 1.807) is 4.90 Å². The molecule has 1 amide bonds. The number of nitrogens with zero attached hydrogens (tertiary/aromatic N) is 2. The van der Waals surface area contributed by atoms with Crippen LogP contribution in [0.25, 0.3) is 0 Å². The molecule has 0 aromatic heterocycles. The Morgan fingerprint density at radius 1 is 1.07 bits per heavy atom. The van der Waals surface area contributed by atoms with Gasteiger partial charge >= 0.3 is 5.97 Å². The van der Waals surface area contributed by atoms with Gasteiger partial charge in [-0.3, -0.25) is 14.7 Å². The van der Waals surface area contributed by atoms with Gasteiger partial charge in [0.1, 0.15) is 11.9 Å². The molecule has 0 spiro atoms. The lowest BCUT2D eigenvalue weighted by Gasteiger charge is -2.31. The third kappa shape index (κ3) is 4.57. The average Bonchev–Trinajstić information content (AvgIpc) is 2.68. The quantitative estimate of drug-likeness (QED) is 0.753. The molecule has 0 saturated heterocycles. The summed E-state index contributed by atoms with van der Waals surface area (Å²) in [5, 5.41) is 9.45. The normalized spacial score (nSPS) is 16.0. The molecule has 1 aliphatic heterocycles. The summed E-state index contributed by atoms with van der Waals surface area (Å²) in [6.07, 6.45) is 1.83. The molecular formula is C21H22N2O3S. The van der Waals surface area contributed by atoms with E-state index in [2.05, 4.69) is 17.6 Å². The second kappa shape index (κ2) is 8.86. The minimum absolute atomic E-state index is 0.109. The molecular weight excluding hydrogens is 360 g/mol. The van der Waals surface area contributed by atoms with E-state index in [0.717, 1.165) is 23.2 Å². The molecule has 5 nitrogen and oxygen atoms in total. The van der Waals surface area contributed by atoms with Crippen molar-refractivity contribution >= 4 is 36.0 Å². The summed E-state index contributed by atoms with van der Waals surface area (Å²) in [7, 11) is 0. The van der Waals surface area contributed by atoms with Crippen LogP contribution >= 0.6 is 12.6 Å². The summed E-state index contributed by atoms with van der Waals surface area (Å²) in [6, 6.07) is 16.3. The number of amidine groups is 1. The molecule has 0 unspecified atom stereocenters. The van der Waals surface area contributed by atoms with E-state index >= 15 is 0 Å². The number of aliphatic carboxylic acids is 1. The second-order valence-electron chi connectivity index (χ2n) is 6.43. The van der Waals surface area contributed by atoms with Crippen LogP contribution in [0.1, 0.15) is 24.0 Å². The van der Waals surface area contributed by atoms with Crippen LogP contribution in [-0.4, -0.2) is 34.6 Å². The van der Waals surface area contributed by atoms with Gasteiger partial charge in [0.05, 0.1) is 12.1 Å². The highest BCUT2D eigenvalue weighted by Crippen LogP contribution is 2.29. The zero-order chi connectivity index (χ0) is 19.2. The van der Waals surface area contributed by atoms with Gasteiger partial charge in [0.2, 0.25) is 5.91 Å². The van der Waals surface area contributed by atoms with Crippen molar-refractivity contribution in [1.82, 2.24) is 0 Å². The Hall–Kier alpha value is -2.60. The molecule has 27 heavy (non-hydrogen) atoms. The summed E-state index contributed by atoms with van der Waals surface area (Å²) >= 11 is 4.13. The zero-order valence-electron chi connectivity index (χ0n) is 14.9. The first-order valence-corrected chi connectivity index (χ1v) is 9.58. The Balaban J connectivity index is 1.97. The van der Waals surface area contributed by atoms with Crippen molar-refractivity contribution in [2.45, 2.75) is 31.7 Å². The topological polar surface area (TPSA) is 70.0 Å². The number of thiol groups is 1. The number of hydrogen-bond donors (Lipinski definition) is 2. The molecule has 2 aromatic carbocycles. The second-order valence-corrected chi connectivity index (χ2v) is 6.88. The fraction of sp³-hybridized carbons (Fsp3) is 0.286. The molecule has 2 aromatic rings. The van der Waals surface area contributed by atoms with Crippen LogP contribution in [0.5, 0.6) is 0 Å². The molecule has 6 heteroatoms. The van der Waals surface area contributed by atoms with Crippen molar-refractivity contribution in [3.63, 3.8) is 0 Å². The maximum Gasteiger partial charge on any atom is 0.328 e. The average molecular weight is 382 g/mol. The largest absolute Gasteiger partial charge is 0.480 e. The van der Waals surface area contributed by atoms with Crippen LogP contribution in [0.4, 0.5) is 5.69 Å². The van der Waals surface area contributed by atoms with E-state index in [0.29, 0.717) is 24.4 Å². The number of rotatable bonds is 6. The number of aliphatic imine (C=N–C) groups is 1. The number of anilines is 1. The number of amides is 1. The summed E-state index contributed by atoms with van der Waals surface area (Å²) < 4.78 is 0. The molecule has 0 fully saturated rings. The Labute approximate surface area is 164 Å². The van der Waals surface area contributed by atoms with E-state index in [1.165, 1.54) is 0 Å². The Morgan fingerprint density at radius 3 is 2.48 bits per heavy atom. The first-order valence-electron chi connectivity index (χ1n) is 8.95. The fourth-order valence-electron chi connectivity index (χ4n) is 3.23. The highest BCUT2D eigenvalue weighted by molar-refractivity contribution is 7.80. The lowest BCUT2D eigenvalue weighted by Crippen LogP contribution is -2.42. The molecule has 0 bridgehead atoms. The van der Waals surface area contributed by atoms with Crippen molar-refractivity contribution in [2.24, 2.45) is 4.99 Å². The third-order valence-corrected chi connectivity index (χ3v) is 4.81. The zero-order valence-corrected chi connectivity index (χ0v) is 15.8. The highest BCUT2D eigenvalue weighted by Gasteiger charge is 2.29. The van der Waals surface area contributed by atoms with Crippen LogP contribution in [0.2, 0.25) is 0 Å². The minimum Gasteiger partial charge on any atom is -0.480 e. The van der Waals surface area contributed by atoms with Crippen molar-refractivity contribution in [3.8, 4) is 0 Å². The number of benzene rings is 2. The minimum atomic E-state index is -0.995. The van der Waals surface area contributed by atoms with E-state index in [4.69, 9.17) is 0 Å². The Kier molecular flexibility index (Phi) is 6.29. The van der Waals surface area contributed by atoms with Gasteiger partial charge in [0.15, 0.2) is 0 Å². The summed E-state index contributed by atoms with van der Waals surface area (Å²) in [4.78, 5) is 30.7. The molecule has 1 N–H and O–H groups in total. The first-order chi connectivity index (χ1) is 13.1. The molecule has 0 aliphatic carbocycles. The first kappa shape index (κ1) is 19.2. The molecule has 0 saturated carbocycles. The monoisotopic (exact) mass is 382 g/mol. The SMILES string of the molecule is O=C(O)[C@H](CCS)N=C1CCc2ccccc2N1C(=O)Cc1ccccc1. The van der Waals surface area contributed by atoms with Crippen LogP contribution < -0.4 is 4.90 Å². The van der Waals surface area contributed by atoms with E-state index in [-0.39, 0.29) is 12.3 Å². The van der Waals surface area contributed by atoms with Crippen molar-refractivity contribution in [2.75, 3.05) is 10.7 Å². The van der Waals surface area contributed by atoms with Crippen molar-refractivity contribution in [3.05, 3.63) is 65.7 Å². The number of hydrogen-bond acceptors (Lipinski definition) is 4. The van der Waals surface area contributed by atoms with Crippen LogP contribution in [0.15, 0.2) is 59.6 Å². The van der Waals surface area contributed by atoms with Crippen molar-refractivity contribution < 1.29 is 14.7 Å². The van der Waals surface area contributed by atoms with Gasteiger partial charge in [0, 0.05) is 6.42 Å². The van der Waals surface area contributed by atoms with Crippen LogP contribution in [-0.2, 0) is 22.4 Å². The number of carboxylic acids is 1. The Morgan fingerprint density at radius 2 is 1.78 bits per heavy atom. The number of aryl methyl sites for hydroxylation is 1. The van der Waals surface area contributed by atoms with Gasteiger partial charge in [-0.15, -0.1) is 0 Å². The van der Waals surface area contributed by atoms with Crippen molar-refractivity contribution in [1.29, 1.82) is 0 Å². The van der Waals surface area contributed by atoms with Gasteiger partial charge in [-0.25, -0.2) is 4.79 Å². The molecule has 140 valence electrons. The third-order valence-electron chi connectivity index (χ3n) is 4.55. The highest BCUT2D eigenvalue weighted by atomic mass is 32.1. The standard InChI is InChI=1S/C21H22N2O3S/c24-20(14-15-6-2-1-3-7-15)23-18-9-5-4-8-16(18)10-11-19(23)22-17(12-13-27)21(25)26/h1-9,17,27H,10-14H2,(H,25,26)/t17-/m0/s1. The van der Waals surface area contributed by atoms with E-state index < -0.39 is 12.0 Å². The van der Waals surface area contributed by atoms with E-state index in [1.807, 2.05) is 54.6 Å². The molecule has 0 radical (unpaired) electrons. The van der Waals surface area contributed by atoms with Crippen LogP contribution in [0.3, 0.4) is 0 Å². The Bertz CT molecular complexity index is 852. The summed E-state index contributed by atoms with van der Waals surface area (Å²) in [5.41, 5.74) is 2.77. The number of para-hydroxylation sites is 1. The van der Waals surface area contributed by atoms with Gasteiger partial charge in [0.25, 0.3) is 0 Å². The van der Waals surface area contributed by atoms with Gasteiger partial charge < -0.3 is 5.11 Å². The van der Waals surface area contributed by atoms with Crippen LogP contribution in [0, 0.1) is 0 Å². The molecule has 1 heterocycles. The maximum atomic E-state index is 13.1. The number of carboxylic acid groups (broad SMARTS) is 1. The molecule has 1 atom stereocenters. The number of carbonyl (C=O) groups excluding carboxylic acids is 1. The van der Waals surface area contributed by atoms with E-state index in [9.17, 15) is 14.7 Å². The summed E-state index contributed by atoms with van der Waals surface area (Å²) in [5.74, 6) is -0.167. The summed E-state index contributed by atoms with van der Waals surface area (Å²) in [6.45, 7) is 0. The lowest BCUT2D eigenvalue weighted by molar-refractivity contribution is -0.138. The predicted molar refractivity (Wildman–Crippen MR) is 110 cm³/mol. The molecule has 1 aliphatic rings. The lowest BCUT2D eigenvalue weighted by atomic mass is 9.99. The predicted octanol–water partition coefficient (Wildman–Crippen LogP) is 3.38.